The van der Waals surface area contributed by atoms with E-state index in [0.29, 0.717) is 24.5 Å². The molecule has 24 heavy (non-hydrogen) atoms. The fourth-order valence-corrected chi connectivity index (χ4v) is 2.62. The van der Waals surface area contributed by atoms with Gasteiger partial charge in [0.05, 0.1) is 12.3 Å². The summed E-state index contributed by atoms with van der Waals surface area (Å²) in [5.74, 6) is -0.444. The smallest absolute Gasteiger partial charge is 0.191 e. The number of rotatable bonds is 7. The fraction of sp³-hybridized carbons (Fsp3) is 0.533. The van der Waals surface area contributed by atoms with Crippen LogP contribution >= 0.6 is 24.0 Å². The van der Waals surface area contributed by atoms with Crippen molar-refractivity contribution in [1.82, 2.24) is 10.6 Å². The highest BCUT2D eigenvalue weighted by Crippen LogP contribution is 2.16. The molecule has 0 aliphatic carbocycles. The van der Waals surface area contributed by atoms with Gasteiger partial charge in [0.25, 0.3) is 0 Å². The van der Waals surface area contributed by atoms with Crippen LogP contribution in [0.2, 0.25) is 0 Å². The maximum atomic E-state index is 13.3. The Morgan fingerprint density at radius 2 is 2.08 bits per heavy atom. The Balaban J connectivity index is 0.00000529. The van der Waals surface area contributed by atoms with Crippen molar-refractivity contribution in [2.75, 3.05) is 18.6 Å². The Hall–Kier alpha value is -1.10. The molecule has 0 bridgehead atoms. The minimum atomic E-state index is -3.00. The zero-order valence-electron chi connectivity index (χ0n) is 14.0. The molecular weight excluding hydrogens is 448 g/mol. The van der Waals surface area contributed by atoms with Crippen molar-refractivity contribution in [3.05, 3.63) is 29.6 Å². The van der Waals surface area contributed by atoms with Crippen molar-refractivity contribution >= 4 is 39.8 Å². The second kappa shape index (κ2) is 10.7. The van der Waals surface area contributed by atoms with Crippen LogP contribution in [0, 0.1) is 5.82 Å². The summed E-state index contributed by atoms with van der Waals surface area (Å²) in [4.78, 5) is 4.34. The van der Waals surface area contributed by atoms with Gasteiger partial charge in [0.2, 0.25) is 0 Å². The SMILES string of the molecule is CCNC(=NCc1ccc(O)c(F)c1)NC(C)CCS(C)(=O)=O.I. The number of aromatic hydroxyl groups is 1. The van der Waals surface area contributed by atoms with Crippen LogP contribution in [0.3, 0.4) is 0 Å². The van der Waals surface area contributed by atoms with E-state index in [1.807, 2.05) is 13.8 Å². The lowest BCUT2D eigenvalue weighted by Crippen LogP contribution is -2.42. The van der Waals surface area contributed by atoms with Crippen molar-refractivity contribution in [3.8, 4) is 5.75 Å². The molecule has 1 rings (SSSR count). The Morgan fingerprint density at radius 3 is 2.62 bits per heavy atom. The second-order valence-corrected chi connectivity index (χ2v) is 7.70. The topological polar surface area (TPSA) is 90.8 Å². The van der Waals surface area contributed by atoms with Crippen LogP contribution in [0.15, 0.2) is 23.2 Å². The first-order valence-corrected chi connectivity index (χ1v) is 9.47. The molecule has 0 aliphatic rings. The molecule has 3 N–H and O–H groups in total. The van der Waals surface area contributed by atoms with Crippen molar-refractivity contribution in [1.29, 1.82) is 0 Å². The number of sulfone groups is 1. The van der Waals surface area contributed by atoms with Gasteiger partial charge < -0.3 is 15.7 Å². The standard InChI is InChI=1S/C15H24FN3O3S.HI/c1-4-17-15(19-11(2)7-8-23(3,21)22)18-10-12-5-6-14(20)13(16)9-12;/h5-6,9,11,20H,4,7-8,10H2,1-3H3,(H2,17,18,19);1H. The van der Waals surface area contributed by atoms with E-state index in [4.69, 9.17) is 5.11 Å². The zero-order chi connectivity index (χ0) is 17.5. The number of nitrogens with one attached hydrogen (secondary N) is 2. The molecule has 1 aromatic carbocycles. The molecule has 6 nitrogen and oxygen atoms in total. The summed E-state index contributed by atoms with van der Waals surface area (Å²) in [7, 11) is -3.00. The van der Waals surface area contributed by atoms with E-state index in [0.717, 1.165) is 0 Å². The third kappa shape index (κ3) is 9.26. The van der Waals surface area contributed by atoms with E-state index in [1.165, 1.54) is 18.4 Å². The van der Waals surface area contributed by atoms with Crippen molar-refractivity contribution < 1.29 is 17.9 Å². The van der Waals surface area contributed by atoms with E-state index in [2.05, 4.69) is 15.6 Å². The summed E-state index contributed by atoms with van der Waals surface area (Å²) < 4.78 is 35.7. The largest absolute Gasteiger partial charge is 0.505 e. The van der Waals surface area contributed by atoms with Crippen LogP contribution in [-0.4, -0.2) is 44.1 Å². The number of phenolic OH excluding ortho intramolecular Hbond substituents is 1. The maximum Gasteiger partial charge on any atom is 0.191 e. The van der Waals surface area contributed by atoms with Crippen LogP contribution in [0.4, 0.5) is 4.39 Å². The van der Waals surface area contributed by atoms with Crippen molar-refractivity contribution in [3.63, 3.8) is 0 Å². The quantitative estimate of drug-likeness (QED) is 0.320. The van der Waals surface area contributed by atoms with Crippen molar-refractivity contribution in [2.45, 2.75) is 32.9 Å². The molecule has 0 saturated heterocycles. The summed E-state index contributed by atoms with van der Waals surface area (Å²) >= 11 is 0. The Kier molecular flexibility index (Phi) is 10.2. The van der Waals surface area contributed by atoms with Gasteiger partial charge in [-0.3, -0.25) is 0 Å². The predicted octanol–water partition coefficient (Wildman–Crippen LogP) is 2.03. The molecule has 0 radical (unpaired) electrons. The fourth-order valence-electron chi connectivity index (χ4n) is 1.84. The molecule has 0 aromatic heterocycles. The van der Waals surface area contributed by atoms with E-state index in [1.54, 1.807) is 6.07 Å². The number of halogens is 2. The molecule has 1 aromatic rings. The van der Waals surface area contributed by atoms with Crippen LogP contribution in [0.5, 0.6) is 5.75 Å². The number of guanidine groups is 1. The lowest BCUT2D eigenvalue weighted by Gasteiger charge is -2.17. The van der Waals surface area contributed by atoms with Crippen LogP contribution in [0.25, 0.3) is 0 Å². The van der Waals surface area contributed by atoms with Crippen LogP contribution in [-0.2, 0) is 16.4 Å². The average molecular weight is 473 g/mol. The molecule has 138 valence electrons. The first kappa shape index (κ1) is 22.9. The molecule has 0 heterocycles. The van der Waals surface area contributed by atoms with Gasteiger partial charge in [-0.25, -0.2) is 17.8 Å². The van der Waals surface area contributed by atoms with Gasteiger partial charge in [0.1, 0.15) is 9.84 Å². The van der Waals surface area contributed by atoms with E-state index in [9.17, 15) is 12.8 Å². The summed E-state index contributed by atoms with van der Waals surface area (Å²) in [6.07, 6.45) is 1.68. The van der Waals surface area contributed by atoms with Gasteiger partial charge in [-0.15, -0.1) is 24.0 Å². The summed E-state index contributed by atoms with van der Waals surface area (Å²) in [5, 5.41) is 15.3. The molecule has 0 fully saturated rings. The van der Waals surface area contributed by atoms with Crippen LogP contribution in [0.1, 0.15) is 25.8 Å². The number of phenols is 1. The number of aliphatic imine (C=N–C) groups is 1. The lowest BCUT2D eigenvalue weighted by atomic mass is 10.2. The first-order valence-electron chi connectivity index (χ1n) is 7.41. The Labute approximate surface area is 159 Å². The van der Waals surface area contributed by atoms with E-state index < -0.39 is 21.4 Å². The molecule has 0 saturated carbocycles. The van der Waals surface area contributed by atoms with E-state index in [-0.39, 0.29) is 42.3 Å². The number of nitrogens with zero attached hydrogens (tertiary/aromatic N) is 1. The monoisotopic (exact) mass is 473 g/mol. The molecule has 0 aliphatic heterocycles. The zero-order valence-corrected chi connectivity index (χ0v) is 17.2. The first-order chi connectivity index (χ1) is 10.7. The molecule has 0 spiro atoms. The lowest BCUT2D eigenvalue weighted by molar-refractivity contribution is 0.432. The molecule has 9 heteroatoms. The minimum Gasteiger partial charge on any atom is -0.505 e. The van der Waals surface area contributed by atoms with Gasteiger partial charge in [-0.05, 0) is 38.0 Å². The molecule has 1 atom stereocenters. The van der Waals surface area contributed by atoms with Crippen LogP contribution < -0.4 is 10.6 Å². The van der Waals surface area contributed by atoms with Gasteiger partial charge >= 0.3 is 0 Å². The van der Waals surface area contributed by atoms with Gasteiger partial charge in [-0.2, -0.15) is 0 Å². The normalized spacial score (nSPS) is 13.1. The molecule has 0 amide bonds. The average Bonchev–Trinajstić information content (AvgIpc) is 2.45. The Bertz CT molecular complexity index is 653. The summed E-state index contributed by atoms with van der Waals surface area (Å²) in [5.41, 5.74) is 0.626. The third-order valence-electron chi connectivity index (χ3n) is 3.08. The number of benzene rings is 1. The van der Waals surface area contributed by atoms with Gasteiger partial charge in [0.15, 0.2) is 17.5 Å². The van der Waals surface area contributed by atoms with Gasteiger partial charge in [0, 0.05) is 18.8 Å². The minimum absolute atomic E-state index is 0. The van der Waals surface area contributed by atoms with Gasteiger partial charge in [-0.1, -0.05) is 6.07 Å². The summed E-state index contributed by atoms with van der Waals surface area (Å²) in [6, 6.07) is 4.04. The highest BCUT2D eigenvalue weighted by Gasteiger charge is 2.09. The second-order valence-electron chi connectivity index (χ2n) is 5.44. The number of hydrogen-bond acceptors (Lipinski definition) is 4. The highest BCUT2D eigenvalue weighted by atomic mass is 127. The van der Waals surface area contributed by atoms with Crippen molar-refractivity contribution in [2.24, 2.45) is 4.99 Å². The molecule has 1 unspecified atom stereocenters. The third-order valence-corrected chi connectivity index (χ3v) is 4.06. The molecular formula is C15H25FIN3O3S. The maximum absolute atomic E-state index is 13.3. The summed E-state index contributed by atoms with van der Waals surface area (Å²) in [6.45, 7) is 4.68. The Morgan fingerprint density at radius 1 is 1.42 bits per heavy atom. The number of hydrogen-bond donors (Lipinski definition) is 3. The van der Waals surface area contributed by atoms with E-state index >= 15 is 0 Å². The highest BCUT2D eigenvalue weighted by molar-refractivity contribution is 14.0. The predicted molar refractivity (Wildman–Crippen MR) is 105 cm³/mol.